The van der Waals surface area contributed by atoms with Gasteiger partial charge >= 0.3 is 0 Å². The Bertz CT molecular complexity index is 505. The van der Waals surface area contributed by atoms with E-state index in [0.29, 0.717) is 12.1 Å². The molecule has 2 aromatic rings. The third kappa shape index (κ3) is 2.94. The van der Waals surface area contributed by atoms with Crippen molar-refractivity contribution in [1.29, 1.82) is 5.41 Å². The van der Waals surface area contributed by atoms with Gasteiger partial charge in [-0.2, -0.15) is 0 Å². The summed E-state index contributed by atoms with van der Waals surface area (Å²) in [5.74, 6) is 0.792. The Morgan fingerprint density at radius 1 is 1.06 bits per heavy atom. The Kier molecular flexibility index (Phi) is 3.55. The molecule has 0 spiro atoms. The van der Waals surface area contributed by atoms with E-state index in [2.05, 4.69) is 0 Å². The van der Waals surface area contributed by atoms with Crippen molar-refractivity contribution < 1.29 is 4.74 Å². The van der Waals surface area contributed by atoms with Crippen molar-refractivity contribution in [2.24, 2.45) is 0 Å². The second kappa shape index (κ2) is 5.30. The summed E-state index contributed by atoms with van der Waals surface area (Å²) in [7, 11) is 1.64. The first-order chi connectivity index (χ1) is 8.29. The maximum Gasteiger partial charge on any atom is 0.119 e. The average molecular weight is 225 g/mol. The van der Waals surface area contributed by atoms with Crippen LogP contribution in [0.15, 0.2) is 54.6 Å². The van der Waals surface area contributed by atoms with Gasteiger partial charge in [-0.3, -0.25) is 0 Å². The Labute approximate surface area is 101 Å². The van der Waals surface area contributed by atoms with Gasteiger partial charge in [0.1, 0.15) is 5.75 Å². The molecule has 0 saturated carbocycles. The Hall–Kier alpha value is -2.09. The van der Waals surface area contributed by atoms with Crippen molar-refractivity contribution in [2.45, 2.75) is 6.42 Å². The lowest BCUT2D eigenvalue weighted by molar-refractivity contribution is 0.414. The maximum absolute atomic E-state index is 8.08. The molecule has 2 nitrogen and oxygen atoms in total. The summed E-state index contributed by atoms with van der Waals surface area (Å²) in [6.45, 7) is 0. The number of hydrogen-bond donors (Lipinski definition) is 1. The molecule has 0 bridgehead atoms. The van der Waals surface area contributed by atoms with Gasteiger partial charge < -0.3 is 10.1 Å². The van der Waals surface area contributed by atoms with Gasteiger partial charge in [-0.05, 0) is 23.3 Å². The van der Waals surface area contributed by atoms with E-state index in [9.17, 15) is 0 Å². The van der Waals surface area contributed by atoms with Crippen molar-refractivity contribution in [3.8, 4) is 5.75 Å². The lowest BCUT2D eigenvalue weighted by atomic mass is 10.0. The zero-order valence-corrected chi connectivity index (χ0v) is 9.81. The van der Waals surface area contributed by atoms with Crippen LogP contribution in [-0.2, 0) is 6.42 Å². The second-order valence-corrected chi connectivity index (χ2v) is 3.87. The van der Waals surface area contributed by atoms with Crippen LogP contribution in [0.4, 0.5) is 0 Å². The van der Waals surface area contributed by atoms with Crippen LogP contribution in [0.3, 0.4) is 0 Å². The summed E-state index contributed by atoms with van der Waals surface area (Å²) in [4.78, 5) is 0. The first-order valence-corrected chi connectivity index (χ1v) is 5.55. The fourth-order valence-corrected chi connectivity index (χ4v) is 1.71. The molecule has 1 N–H and O–H groups in total. The molecule has 0 radical (unpaired) electrons. The van der Waals surface area contributed by atoms with Gasteiger partial charge in [0.15, 0.2) is 0 Å². The lowest BCUT2D eigenvalue weighted by Crippen LogP contribution is -2.03. The fourth-order valence-electron chi connectivity index (χ4n) is 1.71. The van der Waals surface area contributed by atoms with Gasteiger partial charge in [0.05, 0.1) is 7.11 Å². The highest BCUT2D eigenvalue weighted by Gasteiger charge is 2.03. The van der Waals surface area contributed by atoms with E-state index in [1.165, 1.54) is 0 Å². The lowest BCUT2D eigenvalue weighted by Gasteiger charge is -2.06. The molecule has 2 aromatic carbocycles. The highest BCUT2D eigenvalue weighted by Crippen LogP contribution is 2.14. The van der Waals surface area contributed by atoms with Gasteiger partial charge in [-0.25, -0.2) is 0 Å². The summed E-state index contributed by atoms with van der Waals surface area (Å²) in [6.07, 6.45) is 0.647. The van der Waals surface area contributed by atoms with Crippen LogP contribution in [0.1, 0.15) is 11.1 Å². The molecule has 0 aliphatic carbocycles. The van der Waals surface area contributed by atoms with E-state index in [1.54, 1.807) is 7.11 Å². The molecule has 0 saturated heterocycles. The van der Waals surface area contributed by atoms with Crippen molar-refractivity contribution in [1.82, 2.24) is 0 Å². The molecule has 0 aromatic heterocycles. The molecule has 0 atom stereocenters. The SMILES string of the molecule is COc1cccc(C(=N)Cc2ccccc2)c1. The molecule has 0 unspecified atom stereocenters. The second-order valence-electron chi connectivity index (χ2n) is 3.87. The Balaban J connectivity index is 2.14. The van der Waals surface area contributed by atoms with Crippen LogP contribution in [0.5, 0.6) is 5.75 Å². The third-order valence-electron chi connectivity index (χ3n) is 2.64. The molecule has 86 valence electrons. The van der Waals surface area contributed by atoms with Gasteiger partial charge in [0.25, 0.3) is 0 Å². The monoisotopic (exact) mass is 225 g/mol. The van der Waals surface area contributed by atoms with Crippen molar-refractivity contribution in [2.75, 3.05) is 7.11 Å². The van der Waals surface area contributed by atoms with Gasteiger partial charge in [0, 0.05) is 12.1 Å². The van der Waals surface area contributed by atoms with E-state index in [-0.39, 0.29) is 0 Å². The number of ether oxygens (including phenoxy) is 1. The van der Waals surface area contributed by atoms with Gasteiger partial charge in [-0.1, -0.05) is 42.5 Å². The van der Waals surface area contributed by atoms with Crippen molar-refractivity contribution in [3.05, 3.63) is 65.7 Å². The molecule has 0 aliphatic heterocycles. The summed E-state index contributed by atoms with van der Waals surface area (Å²) < 4.78 is 5.16. The summed E-state index contributed by atoms with van der Waals surface area (Å²) >= 11 is 0. The average Bonchev–Trinajstić information content (AvgIpc) is 2.40. The minimum atomic E-state index is 0.607. The minimum absolute atomic E-state index is 0.607. The zero-order valence-electron chi connectivity index (χ0n) is 9.81. The first kappa shape index (κ1) is 11.4. The number of rotatable bonds is 4. The number of benzene rings is 2. The standard InChI is InChI=1S/C15H15NO/c1-17-14-9-5-8-13(11-14)15(16)10-12-6-3-2-4-7-12/h2-9,11,16H,10H2,1H3. The highest BCUT2D eigenvalue weighted by molar-refractivity contribution is 5.99. The van der Waals surface area contributed by atoms with E-state index in [4.69, 9.17) is 10.1 Å². The first-order valence-electron chi connectivity index (χ1n) is 5.55. The Morgan fingerprint density at radius 3 is 2.53 bits per heavy atom. The zero-order chi connectivity index (χ0) is 12.1. The van der Waals surface area contributed by atoms with Gasteiger partial charge in [-0.15, -0.1) is 0 Å². The van der Waals surface area contributed by atoms with E-state index in [0.717, 1.165) is 16.9 Å². The molecule has 0 aliphatic rings. The smallest absolute Gasteiger partial charge is 0.119 e. The molecular weight excluding hydrogens is 210 g/mol. The van der Waals surface area contributed by atoms with Crippen LogP contribution in [0.25, 0.3) is 0 Å². The van der Waals surface area contributed by atoms with Crippen LogP contribution < -0.4 is 4.74 Å². The summed E-state index contributed by atoms with van der Waals surface area (Å²) in [6, 6.07) is 17.7. The molecule has 17 heavy (non-hydrogen) atoms. The third-order valence-corrected chi connectivity index (χ3v) is 2.64. The molecule has 2 heteroatoms. The van der Waals surface area contributed by atoms with Crippen molar-refractivity contribution in [3.63, 3.8) is 0 Å². The normalized spacial score (nSPS) is 9.94. The summed E-state index contributed by atoms with van der Waals surface area (Å²) in [5.41, 5.74) is 2.67. The predicted octanol–water partition coefficient (Wildman–Crippen LogP) is 3.31. The summed E-state index contributed by atoms with van der Waals surface area (Å²) in [5, 5.41) is 8.08. The van der Waals surface area contributed by atoms with Crippen LogP contribution in [0.2, 0.25) is 0 Å². The molecule has 0 amide bonds. The van der Waals surface area contributed by atoms with E-state index in [1.807, 2.05) is 54.6 Å². The fraction of sp³-hybridized carbons (Fsp3) is 0.133. The van der Waals surface area contributed by atoms with Crippen LogP contribution in [0, 0.1) is 5.41 Å². The molecule has 0 heterocycles. The quantitative estimate of drug-likeness (QED) is 0.796. The molecule has 2 rings (SSSR count). The largest absolute Gasteiger partial charge is 0.497 e. The van der Waals surface area contributed by atoms with Crippen molar-refractivity contribution >= 4 is 5.71 Å². The number of hydrogen-bond acceptors (Lipinski definition) is 2. The van der Waals surface area contributed by atoms with Gasteiger partial charge in [0.2, 0.25) is 0 Å². The van der Waals surface area contributed by atoms with Crippen LogP contribution >= 0.6 is 0 Å². The van der Waals surface area contributed by atoms with Crippen LogP contribution in [-0.4, -0.2) is 12.8 Å². The number of methoxy groups -OCH3 is 1. The minimum Gasteiger partial charge on any atom is -0.497 e. The Morgan fingerprint density at radius 2 is 1.82 bits per heavy atom. The maximum atomic E-state index is 8.08. The number of nitrogens with one attached hydrogen (secondary N) is 1. The highest BCUT2D eigenvalue weighted by atomic mass is 16.5. The van der Waals surface area contributed by atoms with E-state index >= 15 is 0 Å². The molecule has 0 fully saturated rings. The van der Waals surface area contributed by atoms with E-state index < -0.39 is 0 Å². The molecular formula is C15H15NO. The topological polar surface area (TPSA) is 33.1 Å². The predicted molar refractivity (Wildman–Crippen MR) is 70.0 cm³/mol.